The Morgan fingerprint density at radius 3 is 2.34 bits per heavy atom. The maximum Gasteiger partial charge on any atom is 0.162 e. The van der Waals surface area contributed by atoms with Crippen LogP contribution in [0.3, 0.4) is 0 Å². The molecule has 0 amide bonds. The Kier molecular flexibility index (Phi) is 5.26. The van der Waals surface area contributed by atoms with Gasteiger partial charge in [0.15, 0.2) is 11.5 Å². The molecule has 5 nitrogen and oxygen atoms in total. The van der Waals surface area contributed by atoms with Crippen molar-refractivity contribution in [3.63, 3.8) is 0 Å². The summed E-state index contributed by atoms with van der Waals surface area (Å²) in [6.45, 7) is 0.319. The fraction of sp³-hybridized carbons (Fsp3) is 0.0833. The number of hydrogen-bond donors (Lipinski definition) is 0. The van der Waals surface area contributed by atoms with Crippen LogP contribution in [0, 0.1) is 11.3 Å². The maximum atomic E-state index is 9.07. The number of aromatic nitrogens is 2. The second-order valence-electron chi connectivity index (χ2n) is 6.42. The van der Waals surface area contributed by atoms with Crippen LogP contribution in [0.4, 0.5) is 0 Å². The van der Waals surface area contributed by atoms with Crippen LogP contribution < -0.4 is 9.47 Å². The number of hydrogen-bond acceptors (Lipinski definition) is 4. The van der Waals surface area contributed by atoms with Crippen LogP contribution in [0.15, 0.2) is 85.1 Å². The van der Waals surface area contributed by atoms with E-state index in [2.05, 4.69) is 6.07 Å². The van der Waals surface area contributed by atoms with Gasteiger partial charge in [-0.05, 0) is 24.3 Å². The predicted molar refractivity (Wildman–Crippen MR) is 111 cm³/mol. The van der Waals surface area contributed by atoms with Crippen molar-refractivity contribution in [2.24, 2.45) is 0 Å². The van der Waals surface area contributed by atoms with Crippen molar-refractivity contribution in [3.05, 3.63) is 96.2 Å². The van der Waals surface area contributed by atoms with Gasteiger partial charge < -0.3 is 9.47 Å². The number of nitriles is 1. The Balaban J connectivity index is 1.68. The zero-order valence-corrected chi connectivity index (χ0v) is 15.9. The molecule has 3 aromatic carbocycles. The molecule has 0 bridgehead atoms. The smallest absolute Gasteiger partial charge is 0.162 e. The number of methoxy groups -OCH3 is 1. The average molecular weight is 381 g/mol. The largest absolute Gasteiger partial charge is 0.493 e. The van der Waals surface area contributed by atoms with Crippen molar-refractivity contribution < 1.29 is 9.47 Å². The lowest BCUT2D eigenvalue weighted by atomic mass is 10.1. The van der Waals surface area contributed by atoms with E-state index in [0.29, 0.717) is 23.7 Å². The van der Waals surface area contributed by atoms with Crippen LogP contribution in [0.5, 0.6) is 11.5 Å². The van der Waals surface area contributed by atoms with Gasteiger partial charge in [0.1, 0.15) is 6.61 Å². The fourth-order valence-electron chi connectivity index (χ4n) is 3.08. The van der Waals surface area contributed by atoms with E-state index in [1.807, 2.05) is 71.5 Å². The van der Waals surface area contributed by atoms with E-state index in [1.165, 1.54) is 0 Å². The summed E-state index contributed by atoms with van der Waals surface area (Å²) < 4.78 is 13.3. The molecule has 0 atom stereocenters. The zero-order chi connectivity index (χ0) is 20.1. The summed E-state index contributed by atoms with van der Waals surface area (Å²) in [5, 5.41) is 13.9. The quantitative estimate of drug-likeness (QED) is 0.472. The Labute approximate surface area is 169 Å². The fourth-order valence-corrected chi connectivity index (χ4v) is 3.08. The first-order valence-corrected chi connectivity index (χ1v) is 9.19. The van der Waals surface area contributed by atoms with Crippen molar-refractivity contribution in [2.45, 2.75) is 6.61 Å². The molecule has 0 spiro atoms. The molecule has 0 fully saturated rings. The predicted octanol–water partition coefficient (Wildman–Crippen LogP) is 5.00. The molecule has 142 valence electrons. The number of rotatable bonds is 6. The molecule has 4 rings (SSSR count). The molecule has 0 aliphatic carbocycles. The van der Waals surface area contributed by atoms with Gasteiger partial charge in [0, 0.05) is 23.4 Å². The first-order chi connectivity index (χ1) is 14.3. The van der Waals surface area contributed by atoms with Gasteiger partial charge in [-0.2, -0.15) is 10.4 Å². The number of para-hydroxylation sites is 1. The summed E-state index contributed by atoms with van der Waals surface area (Å²) in [6, 6.07) is 27.2. The first-order valence-electron chi connectivity index (χ1n) is 9.19. The summed E-state index contributed by atoms with van der Waals surface area (Å²) in [5.41, 5.74) is 4.34. The van der Waals surface area contributed by atoms with Gasteiger partial charge in [-0.1, -0.05) is 48.5 Å². The summed E-state index contributed by atoms with van der Waals surface area (Å²) in [6.07, 6.45) is 1.98. The third-order valence-corrected chi connectivity index (χ3v) is 4.53. The van der Waals surface area contributed by atoms with Crippen LogP contribution in [0.25, 0.3) is 16.9 Å². The van der Waals surface area contributed by atoms with Crippen LogP contribution in [-0.4, -0.2) is 16.9 Å². The second-order valence-corrected chi connectivity index (χ2v) is 6.42. The van der Waals surface area contributed by atoms with Gasteiger partial charge in [-0.15, -0.1) is 0 Å². The molecule has 0 saturated heterocycles. The molecular formula is C24H19N3O2. The van der Waals surface area contributed by atoms with Gasteiger partial charge in [-0.3, -0.25) is 0 Å². The molecule has 0 aliphatic heterocycles. The molecule has 1 aromatic heterocycles. The lowest BCUT2D eigenvalue weighted by Crippen LogP contribution is -1.98. The van der Waals surface area contributed by atoms with Gasteiger partial charge in [0.05, 0.1) is 30.1 Å². The molecule has 0 N–H and O–H groups in total. The van der Waals surface area contributed by atoms with Crippen molar-refractivity contribution in [1.29, 1.82) is 5.26 Å². The molecule has 0 saturated carbocycles. The van der Waals surface area contributed by atoms with Crippen LogP contribution >= 0.6 is 0 Å². The van der Waals surface area contributed by atoms with Crippen LogP contribution in [0.1, 0.15) is 11.1 Å². The minimum Gasteiger partial charge on any atom is -0.493 e. The van der Waals surface area contributed by atoms with Crippen LogP contribution in [-0.2, 0) is 6.61 Å². The van der Waals surface area contributed by atoms with Gasteiger partial charge in [-0.25, -0.2) is 4.68 Å². The normalized spacial score (nSPS) is 10.3. The van der Waals surface area contributed by atoms with Gasteiger partial charge >= 0.3 is 0 Å². The summed E-state index contributed by atoms with van der Waals surface area (Å²) in [5.74, 6) is 1.11. The number of ether oxygens (including phenoxy) is 2. The minimum atomic E-state index is 0.319. The molecule has 1 heterocycles. The molecular weight excluding hydrogens is 362 g/mol. The lowest BCUT2D eigenvalue weighted by molar-refractivity contribution is 0.285. The van der Waals surface area contributed by atoms with E-state index in [0.717, 1.165) is 22.5 Å². The average Bonchev–Trinajstić information content (AvgIpc) is 3.23. The Bertz CT molecular complexity index is 1150. The SMILES string of the molecule is COc1cc(C#N)ccc1OCc1cn(-c2ccccc2)nc1-c1ccccc1. The van der Waals surface area contributed by atoms with Crippen molar-refractivity contribution in [3.8, 4) is 34.5 Å². The summed E-state index contributed by atoms with van der Waals surface area (Å²) >= 11 is 0. The van der Waals surface area contributed by atoms with E-state index < -0.39 is 0 Å². The van der Waals surface area contributed by atoms with Gasteiger partial charge in [0.2, 0.25) is 0 Å². The molecule has 5 heteroatoms. The Morgan fingerprint density at radius 2 is 1.66 bits per heavy atom. The molecule has 29 heavy (non-hydrogen) atoms. The molecule has 4 aromatic rings. The Morgan fingerprint density at radius 1 is 0.931 bits per heavy atom. The zero-order valence-electron chi connectivity index (χ0n) is 15.9. The van der Waals surface area contributed by atoms with Crippen molar-refractivity contribution in [1.82, 2.24) is 9.78 Å². The third-order valence-electron chi connectivity index (χ3n) is 4.53. The second kappa shape index (κ2) is 8.32. The first kappa shape index (κ1) is 18.3. The van der Waals surface area contributed by atoms with E-state index >= 15 is 0 Å². The highest BCUT2D eigenvalue weighted by molar-refractivity contribution is 5.63. The highest BCUT2D eigenvalue weighted by Gasteiger charge is 2.14. The standard InChI is InChI=1S/C24H19N3O2/c1-28-23-14-18(15-25)12-13-22(23)29-17-20-16-27(21-10-6-3-7-11-21)26-24(20)19-8-4-2-5-9-19/h2-14,16H,17H2,1H3. The van der Waals surface area contributed by atoms with E-state index in [4.69, 9.17) is 19.8 Å². The summed E-state index contributed by atoms with van der Waals surface area (Å²) in [7, 11) is 1.56. The topological polar surface area (TPSA) is 60.1 Å². The summed E-state index contributed by atoms with van der Waals surface area (Å²) in [4.78, 5) is 0. The van der Waals surface area contributed by atoms with Crippen molar-refractivity contribution >= 4 is 0 Å². The molecule has 0 aliphatic rings. The molecule has 0 radical (unpaired) electrons. The van der Waals surface area contributed by atoms with Crippen LogP contribution in [0.2, 0.25) is 0 Å². The highest BCUT2D eigenvalue weighted by atomic mass is 16.5. The van der Waals surface area contributed by atoms with Crippen molar-refractivity contribution in [2.75, 3.05) is 7.11 Å². The third kappa shape index (κ3) is 3.97. The van der Waals surface area contributed by atoms with E-state index in [9.17, 15) is 0 Å². The molecule has 0 unspecified atom stereocenters. The van der Waals surface area contributed by atoms with E-state index in [-0.39, 0.29) is 0 Å². The number of benzene rings is 3. The minimum absolute atomic E-state index is 0.319. The highest BCUT2D eigenvalue weighted by Crippen LogP contribution is 2.30. The maximum absolute atomic E-state index is 9.07. The van der Waals surface area contributed by atoms with E-state index in [1.54, 1.807) is 25.3 Å². The monoisotopic (exact) mass is 381 g/mol. The number of nitrogens with zero attached hydrogens (tertiary/aromatic N) is 3. The van der Waals surface area contributed by atoms with Gasteiger partial charge in [0.25, 0.3) is 0 Å². The lowest BCUT2D eigenvalue weighted by Gasteiger charge is -2.11. The Hall–Kier alpha value is -4.04.